The molecule has 1 fully saturated rings. The maximum Gasteiger partial charge on any atom is 0.0870 e. The first-order chi connectivity index (χ1) is 9.47. The molecule has 110 valence electrons. The number of hydrogen-bond donors (Lipinski definition) is 1. The molecule has 0 bridgehead atoms. The van der Waals surface area contributed by atoms with Crippen molar-refractivity contribution in [3.05, 3.63) is 34.4 Å². The van der Waals surface area contributed by atoms with E-state index in [-0.39, 0.29) is 0 Å². The number of thiocarbonyl (C=S) groups is 1. The zero-order valence-corrected chi connectivity index (χ0v) is 13.7. The molecule has 0 unspecified atom stereocenters. The highest BCUT2D eigenvalue weighted by molar-refractivity contribution is 7.80. The molecule has 2 N–H and O–H groups in total. The summed E-state index contributed by atoms with van der Waals surface area (Å²) in [5.74, 6) is 0. The fourth-order valence-corrected chi connectivity index (χ4v) is 3.61. The molecule has 0 heterocycles. The number of aryl methyl sites for hydroxylation is 3. The van der Waals surface area contributed by atoms with Crippen LogP contribution in [0.2, 0.25) is 0 Å². The first kappa shape index (κ1) is 15.5. The van der Waals surface area contributed by atoms with Crippen LogP contribution in [-0.4, -0.2) is 22.5 Å². The van der Waals surface area contributed by atoms with E-state index in [1.165, 1.54) is 47.9 Å². The highest BCUT2D eigenvalue weighted by atomic mass is 32.1. The molecule has 3 heteroatoms. The molecule has 0 radical (unpaired) electrons. The average Bonchev–Trinajstić information content (AvgIpc) is 2.85. The quantitative estimate of drug-likeness (QED) is 0.840. The van der Waals surface area contributed by atoms with Crippen molar-refractivity contribution in [3.63, 3.8) is 0 Å². The molecular weight excluding hydrogens is 264 g/mol. The summed E-state index contributed by atoms with van der Waals surface area (Å²) < 4.78 is 0. The second kappa shape index (κ2) is 6.68. The summed E-state index contributed by atoms with van der Waals surface area (Å²) in [7, 11) is 0. The first-order valence-corrected chi connectivity index (χ1v) is 7.97. The van der Waals surface area contributed by atoms with E-state index in [1.807, 2.05) is 0 Å². The van der Waals surface area contributed by atoms with E-state index >= 15 is 0 Å². The molecule has 20 heavy (non-hydrogen) atoms. The fraction of sp³-hybridized carbons (Fsp3) is 0.588. The van der Waals surface area contributed by atoms with Crippen LogP contribution in [0.5, 0.6) is 0 Å². The van der Waals surface area contributed by atoms with Gasteiger partial charge in [-0.05, 0) is 50.3 Å². The van der Waals surface area contributed by atoms with Gasteiger partial charge in [0, 0.05) is 19.1 Å². The van der Waals surface area contributed by atoms with Gasteiger partial charge in [0.15, 0.2) is 0 Å². The summed E-state index contributed by atoms with van der Waals surface area (Å²) >= 11 is 5.15. The molecule has 0 aliphatic heterocycles. The molecular formula is C17H26N2S. The summed E-state index contributed by atoms with van der Waals surface area (Å²) in [4.78, 5) is 3.10. The van der Waals surface area contributed by atoms with Crippen LogP contribution in [0.25, 0.3) is 0 Å². The Morgan fingerprint density at radius 1 is 1.20 bits per heavy atom. The zero-order chi connectivity index (χ0) is 14.7. The van der Waals surface area contributed by atoms with Crippen molar-refractivity contribution in [1.29, 1.82) is 0 Å². The molecule has 0 amide bonds. The molecule has 1 aromatic rings. The van der Waals surface area contributed by atoms with Gasteiger partial charge in [-0.2, -0.15) is 0 Å². The number of hydrogen-bond acceptors (Lipinski definition) is 2. The Hall–Kier alpha value is -0.930. The maximum atomic E-state index is 5.80. The Labute approximate surface area is 128 Å². The minimum absolute atomic E-state index is 0.610. The predicted octanol–water partition coefficient (Wildman–Crippen LogP) is 3.64. The van der Waals surface area contributed by atoms with Crippen molar-refractivity contribution in [2.75, 3.05) is 6.54 Å². The molecule has 0 spiro atoms. The number of nitrogens with two attached hydrogens (primary N) is 1. The summed E-state index contributed by atoms with van der Waals surface area (Å²) in [5, 5.41) is 0. The monoisotopic (exact) mass is 290 g/mol. The van der Waals surface area contributed by atoms with Crippen molar-refractivity contribution in [1.82, 2.24) is 4.90 Å². The van der Waals surface area contributed by atoms with Gasteiger partial charge in [0.25, 0.3) is 0 Å². The standard InChI is InChI=1S/C17H26N2S/c1-12-8-13(2)16(14(3)9-12)10-19(11-17(18)20)15-6-4-5-7-15/h8-9,15H,4-7,10-11H2,1-3H3,(H2,18,20). The van der Waals surface area contributed by atoms with Gasteiger partial charge < -0.3 is 5.73 Å². The highest BCUT2D eigenvalue weighted by Crippen LogP contribution is 2.26. The molecule has 1 aliphatic carbocycles. The summed E-state index contributed by atoms with van der Waals surface area (Å²) in [6.07, 6.45) is 5.24. The van der Waals surface area contributed by atoms with Gasteiger partial charge in [0.1, 0.15) is 0 Å². The lowest BCUT2D eigenvalue weighted by Gasteiger charge is -2.29. The molecule has 2 nitrogen and oxygen atoms in total. The van der Waals surface area contributed by atoms with E-state index in [0.717, 1.165) is 13.1 Å². The van der Waals surface area contributed by atoms with Gasteiger partial charge in [-0.25, -0.2) is 0 Å². The lowest BCUT2D eigenvalue weighted by Crippen LogP contribution is -2.39. The van der Waals surface area contributed by atoms with E-state index in [0.29, 0.717) is 11.0 Å². The van der Waals surface area contributed by atoms with Crippen LogP contribution < -0.4 is 5.73 Å². The topological polar surface area (TPSA) is 29.3 Å². The molecule has 1 aliphatic rings. The average molecular weight is 290 g/mol. The van der Waals surface area contributed by atoms with Crippen LogP contribution >= 0.6 is 12.2 Å². The van der Waals surface area contributed by atoms with Crippen LogP contribution in [0.1, 0.15) is 47.9 Å². The lowest BCUT2D eigenvalue weighted by molar-refractivity contribution is 0.218. The number of rotatable bonds is 5. The van der Waals surface area contributed by atoms with Gasteiger partial charge in [-0.1, -0.05) is 42.8 Å². The predicted molar refractivity (Wildman–Crippen MR) is 90.1 cm³/mol. The Morgan fingerprint density at radius 3 is 2.25 bits per heavy atom. The number of nitrogens with zero attached hydrogens (tertiary/aromatic N) is 1. The molecule has 1 saturated carbocycles. The van der Waals surface area contributed by atoms with Crippen molar-refractivity contribution in [2.24, 2.45) is 5.73 Å². The minimum atomic E-state index is 0.610. The Kier molecular flexibility index (Phi) is 5.17. The third-order valence-corrected chi connectivity index (χ3v) is 4.53. The van der Waals surface area contributed by atoms with Gasteiger partial charge in [0.05, 0.1) is 4.99 Å². The smallest absolute Gasteiger partial charge is 0.0870 e. The molecule has 0 saturated heterocycles. The van der Waals surface area contributed by atoms with Crippen molar-refractivity contribution < 1.29 is 0 Å². The van der Waals surface area contributed by atoms with Crippen LogP contribution in [0.3, 0.4) is 0 Å². The van der Waals surface area contributed by atoms with E-state index in [2.05, 4.69) is 37.8 Å². The Bertz CT molecular complexity index is 467. The minimum Gasteiger partial charge on any atom is -0.392 e. The summed E-state index contributed by atoms with van der Waals surface area (Å²) in [5.41, 5.74) is 11.4. The van der Waals surface area contributed by atoms with E-state index in [9.17, 15) is 0 Å². The van der Waals surface area contributed by atoms with E-state index in [1.54, 1.807) is 0 Å². The molecule has 0 aromatic heterocycles. The van der Waals surface area contributed by atoms with E-state index in [4.69, 9.17) is 18.0 Å². The molecule has 0 atom stereocenters. The second-order valence-electron chi connectivity index (χ2n) is 6.19. The third-order valence-electron chi connectivity index (χ3n) is 4.40. The number of benzene rings is 1. The Morgan fingerprint density at radius 2 is 1.75 bits per heavy atom. The van der Waals surface area contributed by atoms with Gasteiger partial charge >= 0.3 is 0 Å². The second-order valence-corrected chi connectivity index (χ2v) is 6.71. The van der Waals surface area contributed by atoms with Gasteiger partial charge in [-0.3, -0.25) is 4.90 Å². The Balaban J connectivity index is 2.20. The molecule has 2 rings (SSSR count). The van der Waals surface area contributed by atoms with Crippen LogP contribution in [0.4, 0.5) is 0 Å². The largest absolute Gasteiger partial charge is 0.392 e. The van der Waals surface area contributed by atoms with Gasteiger partial charge in [0.2, 0.25) is 0 Å². The van der Waals surface area contributed by atoms with Gasteiger partial charge in [-0.15, -0.1) is 0 Å². The fourth-order valence-electron chi connectivity index (χ4n) is 3.45. The lowest BCUT2D eigenvalue weighted by atomic mass is 9.98. The summed E-state index contributed by atoms with van der Waals surface area (Å²) in [6.45, 7) is 8.30. The molecule has 1 aromatic carbocycles. The maximum absolute atomic E-state index is 5.80. The van der Waals surface area contributed by atoms with Crippen LogP contribution in [-0.2, 0) is 6.54 Å². The zero-order valence-electron chi connectivity index (χ0n) is 12.9. The van der Waals surface area contributed by atoms with Crippen LogP contribution in [0, 0.1) is 20.8 Å². The normalized spacial score (nSPS) is 16.0. The van der Waals surface area contributed by atoms with Crippen molar-refractivity contribution >= 4 is 17.2 Å². The van der Waals surface area contributed by atoms with Crippen molar-refractivity contribution in [2.45, 2.75) is 59.0 Å². The SMILES string of the molecule is Cc1cc(C)c(CN(CC(N)=S)C2CCCC2)c(C)c1. The summed E-state index contributed by atoms with van der Waals surface area (Å²) in [6, 6.07) is 5.20. The first-order valence-electron chi connectivity index (χ1n) is 7.56. The van der Waals surface area contributed by atoms with Crippen LogP contribution in [0.15, 0.2) is 12.1 Å². The highest BCUT2D eigenvalue weighted by Gasteiger charge is 2.24. The van der Waals surface area contributed by atoms with Crippen molar-refractivity contribution in [3.8, 4) is 0 Å². The third kappa shape index (κ3) is 3.80. The van der Waals surface area contributed by atoms with E-state index < -0.39 is 0 Å².